The Bertz CT molecular complexity index is 728. The van der Waals surface area contributed by atoms with Crippen LogP contribution in [0.25, 0.3) is 6.08 Å². The second-order valence-corrected chi connectivity index (χ2v) is 7.38. The van der Waals surface area contributed by atoms with Crippen molar-refractivity contribution in [2.75, 3.05) is 6.54 Å². The zero-order chi connectivity index (χ0) is 20.0. The van der Waals surface area contributed by atoms with E-state index in [0.717, 1.165) is 34.4 Å². The van der Waals surface area contributed by atoms with Crippen LogP contribution in [-0.2, 0) is 14.3 Å². The zero-order valence-electron chi connectivity index (χ0n) is 16.1. The van der Waals surface area contributed by atoms with E-state index in [1.165, 1.54) is 0 Å². The van der Waals surface area contributed by atoms with Gasteiger partial charge in [-0.25, -0.2) is 0 Å². The molecule has 27 heavy (non-hydrogen) atoms. The Morgan fingerprint density at radius 2 is 1.74 bits per heavy atom. The van der Waals surface area contributed by atoms with Crippen LogP contribution in [-0.4, -0.2) is 40.8 Å². The van der Waals surface area contributed by atoms with E-state index < -0.39 is 17.1 Å². The Morgan fingerprint density at radius 3 is 2.33 bits per heavy atom. The van der Waals surface area contributed by atoms with Crippen molar-refractivity contribution >= 4 is 35.0 Å². The zero-order valence-corrected chi connectivity index (χ0v) is 16.9. The number of nitrogens with zero attached hydrogens (tertiary/aromatic N) is 1. The van der Waals surface area contributed by atoms with Gasteiger partial charge in [0.05, 0.1) is 17.1 Å². The molecule has 0 aromatic heterocycles. The summed E-state index contributed by atoms with van der Waals surface area (Å²) in [6.45, 7) is 7.33. The van der Waals surface area contributed by atoms with E-state index in [9.17, 15) is 14.4 Å². The van der Waals surface area contributed by atoms with Gasteiger partial charge in [0.15, 0.2) is 0 Å². The minimum atomic E-state index is -0.584. The molecule has 1 heterocycles. The fraction of sp³-hybridized carbons (Fsp3) is 0.450. The van der Waals surface area contributed by atoms with Crippen molar-refractivity contribution in [3.05, 3.63) is 34.7 Å². The van der Waals surface area contributed by atoms with E-state index in [4.69, 9.17) is 9.47 Å². The van der Waals surface area contributed by atoms with Crippen LogP contribution in [0.3, 0.4) is 0 Å². The average Bonchev–Trinajstić information content (AvgIpc) is 2.90. The van der Waals surface area contributed by atoms with Crippen molar-refractivity contribution in [3.8, 4) is 5.75 Å². The van der Waals surface area contributed by atoms with Crippen molar-refractivity contribution < 1.29 is 23.9 Å². The molecule has 6 nitrogen and oxygen atoms in total. The van der Waals surface area contributed by atoms with E-state index in [1.54, 1.807) is 13.0 Å². The van der Waals surface area contributed by atoms with Crippen LogP contribution in [0.1, 0.15) is 46.1 Å². The number of thioether (sulfide) groups is 1. The number of carbonyl (C=O) groups excluding carboxylic acids is 3. The molecule has 1 saturated heterocycles. The maximum absolute atomic E-state index is 12.4. The summed E-state index contributed by atoms with van der Waals surface area (Å²) in [6, 6.07) is 7.29. The highest BCUT2D eigenvalue weighted by molar-refractivity contribution is 8.18. The molecular formula is C20H25NO5S. The first kappa shape index (κ1) is 21.0. The Hall–Kier alpha value is -2.28. The normalized spacial score (nSPS) is 17.9. The summed E-state index contributed by atoms with van der Waals surface area (Å²) in [4.78, 5) is 37.6. The molecule has 0 radical (unpaired) electrons. The third-order valence-corrected chi connectivity index (χ3v) is 5.07. The largest absolute Gasteiger partial charge is 0.491 e. The minimum absolute atomic E-state index is 0.127. The van der Waals surface area contributed by atoms with Crippen LogP contribution in [0.5, 0.6) is 5.75 Å². The van der Waals surface area contributed by atoms with E-state index in [1.807, 2.05) is 45.0 Å². The fourth-order valence-corrected chi connectivity index (χ4v) is 3.06. The summed E-state index contributed by atoms with van der Waals surface area (Å²) < 4.78 is 10.9. The summed E-state index contributed by atoms with van der Waals surface area (Å²) in [5.74, 6) is -0.312. The lowest BCUT2D eigenvalue weighted by Crippen LogP contribution is -2.35. The van der Waals surface area contributed by atoms with E-state index >= 15 is 0 Å². The molecule has 0 bridgehead atoms. The average molecular weight is 391 g/mol. The van der Waals surface area contributed by atoms with Crippen molar-refractivity contribution in [2.45, 2.75) is 52.7 Å². The summed E-state index contributed by atoms with van der Waals surface area (Å²) >= 11 is 0.821. The lowest BCUT2D eigenvalue weighted by atomic mass is 10.2. The van der Waals surface area contributed by atoms with Gasteiger partial charge < -0.3 is 9.47 Å². The van der Waals surface area contributed by atoms with Crippen LogP contribution in [0, 0.1) is 0 Å². The topological polar surface area (TPSA) is 72.9 Å². The third kappa shape index (κ3) is 5.85. The summed E-state index contributed by atoms with van der Waals surface area (Å²) in [5.41, 5.74) is 0.777. The van der Waals surface area contributed by atoms with Gasteiger partial charge in [-0.2, -0.15) is 0 Å². The molecule has 2 rings (SSSR count). The van der Waals surface area contributed by atoms with Crippen molar-refractivity contribution in [1.29, 1.82) is 0 Å². The molecule has 0 saturated carbocycles. The van der Waals surface area contributed by atoms with Crippen molar-refractivity contribution in [3.63, 3.8) is 0 Å². The first-order chi connectivity index (χ1) is 12.8. The molecule has 0 aliphatic carbocycles. The predicted molar refractivity (Wildman–Crippen MR) is 105 cm³/mol. The smallest absolute Gasteiger partial charge is 0.326 e. The summed E-state index contributed by atoms with van der Waals surface area (Å²) in [7, 11) is 0. The third-order valence-electron chi connectivity index (χ3n) is 4.16. The van der Waals surface area contributed by atoms with Gasteiger partial charge in [-0.05, 0) is 62.2 Å². The van der Waals surface area contributed by atoms with Crippen molar-refractivity contribution in [2.24, 2.45) is 0 Å². The van der Waals surface area contributed by atoms with Crippen LogP contribution >= 0.6 is 11.8 Å². The Kier molecular flexibility index (Phi) is 7.47. The first-order valence-corrected chi connectivity index (χ1v) is 9.87. The predicted octanol–water partition coefficient (Wildman–Crippen LogP) is 4.24. The van der Waals surface area contributed by atoms with Crippen LogP contribution in [0.2, 0.25) is 0 Å². The Labute approximate surface area is 163 Å². The molecule has 146 valence electrons. The highest BCUT2D eigenvalue weighted by atomic mass is 32.2. The maximum atomic E-state index is 12.4. The molecule has 2 amide bonds. The van der Waals surface area contributed by atoms with Gasteiger partial charge >= 0.3 is 5.97 Å². The number of hydrogen-bond acceptors (Lipinski definition) is 6. The van der Waals surface area contributed by atoms with Gasteiger partial charge in [0.25, 0.3) is 11.1 Å². The standard InChI is InChI=1S/C20H25NO5S/c1-5-13(3)25-16-9-7-15(8-10-16)11-17-19(23)21(20(24)27-17)12-18(22)26-14(4)6-2/h7-11,13-14H,5-6,12H2,1-4H3/b17-11-/t13-,14-/m0/s1. The van der Waals surface area contributed by atoms with Crippen molar-refractivity contribution in [1.82, 2.24) is 4.90 Å². The van der Waals surface area contributed by atoms with E-state index in [0.29, 0.717) is 6.42 Å². The number of amides is 2. The number of ether oxygens (including phenoxy) is 2. The lowest BCUT2D eigenvalue weighted by Gasteiger charge is -2.14. The molecule has 1 aliphatic rings. The van der Waals surface area contributed by atoms with Crippen LogP contribution < -0.4 is 4.74 Å². The maximum Gasteiger partial charge on any atom is 0.326 e. The molecule has 0 unspecified atom stereocenters. The quantitative estimate of drug-likeness (QED) is 0.487. The van der Waals surface area contributed by atoms with Gasteiger partial charge in [0.2, 0.25) is 0 Å². The molecule has 1 aromatic rings. The number of benzene rings is 1. The Balaban J connectivity index is 2.03. The van der Waals surface area contributed by atoms with Crippen LogP contribution in [0.4, 0.5) is 4.79 Å². The van der Waals surface area contributed by atoms with Gasteiger partial charge in [0, 0.05) is 0 Å². The number of esters is 1. The monoisotopic (exact) mass is 391 g/mol. The number of carbonyl (C=O) groups is 3. The number of imide groups is 1. The highest BCUT2D eigenvalue weighted by Gasteiger charge is 2.36. The van der Waals surface area contributed by atoms with Crippen LogP contribution in [0.15, 0.2) is 29.2 Å². The van der Waals surface area contributed by atoms with E-state index in [-0.39, 0.29) is 23.7 Å². The number of hydrogen-bond donors (Lipinski definition) is 0. The minimum Gasteiger partial charge on any atom is -0.491 e. The van der Waals surface area contributed by atoms with Gasteiger partial charge in [-0.3, -0.25) is 19.3 Å². The Morgan fingerprint density at radius 1 is 1.11 bits per heavy atom. The highest BCUT2D eigenvalue weighted by Crippen LogP contribution is 2.32. The molecule has 1 aliphatic heterocycles. The molecule has 1 fully saturated rings. The molecule has 7 heteroatoms. The number of rotatable bonds is 8. The fourth-order valence-electron chi connectivity index (χ4n) is 2.22. The molecule has 0 N–H and O–H groups in total. The second-order valence-electron chi connectivity index (χ2n) is 6.38. The second kappa shape index (κ2) is 9.60. The summed E-state index contributed by atoms with van der Waals surface area (Å²) in [6.07, 6.45) is 3.10. The SMILES string of the molecule is CC[C@H](C)OC(=O)CN1C(=O)S/C(=C\c2ccc(O[C@@H](C)CC)cc2)C1=O. The summed E-state index contributed by atoms with van der Waals surface area (Å²) in [5, 5.41) is -0.468. The van der Waals surface area contributed by atoms with Gasteiger partial charge in [0.1, 0.15) is 12.3 Å². The molecular weight excluding hydrogens is 366 g/mol. The molecule has 2 atom stereocenters. The molecule has 1 aromatic carbocycles. The molecule has 0 spiro atoms. The van der Waals surface area contributed by atoms with E-state index in [2.05, 4.69) is 0 Å². The van der Waals surface area contributed by atoms with Gasteiger partial charge in [-0.15, -0.1) is 0 Å². The van der Waals surface area contributed by atoms with Gasteiger partial charge in [-0.1, -0.05) is 26.0 Å². The lowest BCUT2D eigenvalue weighted by molar-refractivity contribution is -0.150. The first-order valence-electron chi connectivity index (χ1n) is 9.05.